The van der Waals surface area contributed by atoms with Crippen molar-refractivity contribution in [3.05, 3.63) is 0 Å². The number of hydrogen-bond donors (Lipinski definition) is 2. The highest BCUT2D eigenvalue weighted by Gasteiger charge is 2.12. The topological polar surface area (TPSA) is 52.0 Å². The third-order valence-electron chi connectivity index (χ3n) is 3.21. The number of nitrogens with two attached hydrogens (primary N) is 2. The first-order valence-corrected chi connectivity index (χ1v) is 5.69. The fraction of sp³-hybridized carbons (Fsp3) is 1.00. The molecule has 0 heterocycles. The monoisotopic (exact) mass is 184 g/mol. The Morgan fingerprint density at radius 1 is 0.769 bits per heavy atom. The lowest BCUT2D eigenvalue weighted by Gasteiger charge is -2.21. The molecule has 4 N–H and O–H groups in total. The van der Waals surface area contributed by atoms with Crippen LogP contribution in [0.4, 0.5) is 0 Å². The molecule has 0 radical (unpaired) electrons. The molecule has 13 heavy (non-hydrogen) atoms. The van der Waals surface area contributed by atoms with Crippen LogP contribution in [0, 0.1) is 5.92 Å². The van der Waals surface area contributed by atoms with Crippen LogP contribution in [0.2, 0.25) is 0 Å². The van der Waals surface area contributed by atoms with E-state index in [9.17, 15) is 0 Å². The minimum absolute atomic E-state index is 0.424. The maximum Gasteiger partial charge on any atom is 0.00389 e. The lowest BCUT2D eigenvalue weighted by Crippen LogP contribution is -2.26. The number of rotatable bonds is 0. The summed E-state index contributed by atoms with van der Waals surface area (Å²) in [4.78, 5) is 0. The van der Waals surface area contributed by atoms with Gasteiger partial charge in [0.1, 0.15) is 0 Å². The molecule has 2 atom stereocenters. The van der Waals surface area contributed by atoms with Crippen molar-refractivity contribution in [2.75, 3.05) is 0 Å². The lowest BCUT2D eigenvalue weighted by atomic mass is 9.90. The average molecular weight is 184 g/mol. The highest BCUT2D eigenvalue weighted by atomic mass is 14.6. The van der Waals surface area contributed by atoms with Gasteiger partial charge in [-0.15, -0.1) is 0 Å². The first-order chi connectivity index (χ1) is 6.18. The van der Waals surface area contributed by atoms with Crippen LogP contribution < -0.4 is 11.5 Å². The summed E-state index contributed by atoms with van der Waals surface area (Å²) in [5, 5.41) is 0. The minimum Gasteiger partial charge on any atom is -0.328 e. The molecule has 2 unspecified atom stereocenters. The molecule has 0 aromatic carbocycles. The maximum absolute atomic E-state index is 5.99. The van der Waals surface area contributed by atoms with E-state index in [1.807, 2.05) is 0 Å². The van der Waals surface area contributed by atoms with Crippen molar-refractivity contribution >= 4 is 0 Å². The predicted octanol–water partition coefficient (Wildman–Crippen LogP) is 2.02. The molecule has 0 saturated heterocycles. The molecule has 1 fully saturated rings. The smallest absolute Gasteiger partial charge is 0.00389 e. The van der Waals surface area contributed by atoms with Crippen LogP contribution in [-0.2, 0) is 0 Å². The third-order valence-corrected chi connectivity index (χ3v) is 3.21. The van der Waals surface area contributed by atoms with Crippen molar-refractivity contribution < 1.29 is 0 Å². The average Bonchev–Trinajstić information content (AvgIpc) is 2.10. The molecule has 0 amide bonds. The summed E-state index contributed by atoms with van der Waals surface area (Å²) in [5.41, 5.74) is 12.0. The number of hydrogen-bond acceptors (Lipinski definition) is 2. The Morgan fingerprint density at radius 3 is 1.69 bits per heavy atom. The van der Waals surface area contributed by atoms with Crippen molar-refractivity contribution in [3.63, 3.8) is 0 Å². The van der Waals surface area contributed by atoms with Gasteiger partial charge in [-0.3, -0.25) is 0 Å². The van der Waals surface area contributed by atoms with E-state index < -0.39 is 0 Å². The Kier molecular flexibility index (Phi) is 4.74. The zero-order chi connectivity index (χ0) is 9.68. The fourth-order valence-electron chi connectivity index (χ4n) is 2.07. The molecule has 1 rings (SSSR count). The second-order valence-electron chi connectivity index (χ2n) is 4.71. The molecule has 0 aromatic rings. The summed E-state index contributed by atoms with van der Waals surface area (Å²) < 4.78 is 0. The quantitative estimate of drug-likeness (QED) is 0.605. The van der Waals surface area contributed by atoms with Gasteiger partial charge in [0.2, 0.25) is 0 Å². The van der Waals surface area contributed by atoms with E-state index in [1.54, 1.807) is 0 Å². The van der Waals surface area contributed by atoms with Gasteiger partial charge in [-0.1, -0.05) is 13.3 Å². The molecular weight excluding hydrogens is 160 g/mol. The summed E-state index contributed by atoms with van der Waals surface area (Å²) in [6, 6.07) is 0.848. The Labute approximate surface area is 82.1 Å². The van der Waals surface area contributed by atoms with Gasteiger partial charge in [-0.05, 0) is 44.4 Å². The third kappa shape index (κ3) is 4.63. The summed E-state index contributed by atoms with van der Waals surface area (Å²) >= 11 is 0. The van der Waals surface area contributed by atoms with Crippen molar-refractivity contribution in [2.45, 2.75) is 64.0 Å². The van der Waals surface area contributed by atoms with E-state index in [-0.39, 0.29) is 0 Å². The molecule has 1 saturated carbocycles. The molecule has 0 aliphatic heterocycles. The lowest BCUT2D eigenvalue weighted by molar-refractivity contribution is 0.370. The van der Waals surface area contributed by atoms with Crippen LogP contribution in [-0.4, -0.2) is 12.1 Å². The van der Waals surface area contributed by atoms with Gasteiger partial charge in [0.15, 0.2) is 0 Å². The normalized spacial score (nSPS) is 38.5. The zero-order valence-electron chi connectivity index (χ0n) is 8.84. The van der Waals surface area contributed by atoms with Crippen LogP contribution >= 0.6 is 0 Å². The van der Waals surface area contributed by atoms with E-state index in [4.69, 9.17) is 11.5 Å². The van der Waals surface area contributed by atoms with E-state index in [0.717, 1.165) is 5.92 Å². The van der Waals surface area contributed by atoms with Gasteiger partial charge in [0.05, 0.1) is 0 Å². The standard InChI is InChI=1S/C11H24N2/c1-9-5-7-10(12)3-2-4-11(13)8-6-9/h9-11H,2-8,12-13H2,1H3. The molecule has 78 valence electrons. The van der Waals surface area contributed by atoms with E-state index in [1.165, 1.54) is 44.9 Å². The van der Waals surface area contributed by atoms with Crippen LogP contribution in [0.1, 0.15) is 51.9 Å². The van der Waals surface area contributed by atoms with E-state index in [0.29, 0.717) is 12.1 Å². The first-order valence-electron chi connectivity index (χ1n) is 5.69. The molecule has 0 aromatic heterocycles. The fourth-order valence-corrected chi connectivity index (χ4v) is 2.07. The van der Waals surface area contributed by atoms with Crippen LogP contribution in [0.5, 0.6) is 0 Å². The molecule has 2 nitrogen and oxygen atoms in total. The van der Waals surface area contributed by atoms with E-state index in [2.05, 4.69) is 6.92 Å². The highest BCUT2D eigenvalue weighted by molar-refractivity contribution is 4.71. The molecule has 2 heteroatoms. The van der Waals surface area contributed by atoms with Crippen LogP contribution in [0.25, 0.3) is 0 Å². The second-order valence-corrected chi connectivity index (χ2v) is 4.71. The van der Waals surface area contributed by atoms with Gasteiger partial charge in [0, 0.05) is 12.1 Å². The maximum atomic E-state index is 5.99. The highest BCUT2D eigenvalue weighted by Crippen LogP contribution is 2.19. The van der Waals surface area contributed by atoms with Gasteiger partial charge >= 0.3 is 0 Å². The van der Waals surface area contributed by atoms with Crippen molar-refractivity contribution in [2.24, 2.45) is 17.4 Å². The van der Waals surface area contributed by atoms with Crippen LogP contribution in [0.15, 0.2) is 0 Å². The van der Waals surface area contributed by atoms with Gasteiger partial charge < -0.3 is 11.5 Å². The summed E-state index contributed by atoms with van der Waals surface area (Å²) in [5.74, 6) is 0.815. The summed E-state index contributed by atoms with van der Waals surface area (Å²) in [6.45, 7) is 2.32. The Bertz CT molecular complexity index is 122. The first kappa shape index (κ1) is 11.0. The minimum atomic E-state index is 0.424. The van der Waals surface area contributed by atoms with Gasteiger partial charge in [-0.2, -0.15) is 0 Å². The predicted molar refractivity (Wildman–Crippen MR) is 57.4 cm³/mol. The SMILES string of the molecule is CC1CCC(N)CCCC(N)CC1. The zero-order valence-corrected chi connectivity index (χ0v) is 8.84. The van der Waals surface area contributed by atoms with E-state index >= 15 is 0 Å². The van der Waals surface area contributed by atoms with Crippen molar-refractivity contribution in [3.8, 4) is 0 Å². The second kappa shape index (κ2) is 5.61. The summed E-state index contributed by atoms with van der Waals surface area (Å²) in [7, 11) is 0. The molecule has 1 aliphatic rings. The van der Waals surface area contributed by atoms with Crippen molar-refractivity contribution in [1.29, 1.82) is 0 Å². The van der Waals surface area contributed by atoms with Gasteiger partial charge in [-0.25, -0.2) is 0 Å². The Morgan fingerprint density at radius 2 is 1.23 bits per heavy atom. The molecule has 0 spiro atoms. The summed E-state index contributed by atoms with van der Waals surface area (Å²) in [6.07, 6.45) is 8.53. The molecular formula is C11H24N2. The van der Waals surface area contributed by atoms with Gasteiger partial charge in [0.25, 0.3) is 0 Å². The molecule has 0 bridgehead atoms. The largest absolute Gasteiger partial charge is 0.328 e. The Balaban J connectivity index is 2.32. The Hall–Kier alpha value is -0.0800. The van der Waals surface area contributed by atoms with Crippen LogP contribution in [0.3, 0.4) is 0 Å². The molecule has 1 aliphatic carbocycles. The van der Waals surface area contributed by atoms with Crippen molar-refractivity contribution in [1.82, 2.24) is 0 Å².